The highest BCUT2D eigenvalue weighted by molar-refractivity contribution is 5.87. The number of halogens is 1. The van der Waals surface area contributed by atoms with Crippen LogP contribution in [0.2, 0.25) is 0 Å². The third-order valence-electron chi connectivity index (χ3n) is 2.51. The van der Waals surface area contributed by atoms with Crippen molar-refractivity contribution in [3.63, 3.8) is 0 Å². The predicted molar refractivity (Wildman–Crippen MR) is 66.0 cm³/mol. The molecule has 104 valence electrons. The van der Waals surface area contributed by atoms with Gasteiger partial charge in [0.05, 0.1) is 17.0 Å². The van der Waals surface area contributed by atoms with Gasteiger partial charge in [0.2, 0.25) is 5.82 Å². The summed E-state index contributed by atoms with van der Waals surface area (Å²) in [7, 11) is 0. The molecule has 0 aliphatic rings. The Labute approximate surface area is 111 Å². The second-order valence-corrected chi connectivity index (χ2v) is 3.88. The van der Waals surface area contributed by atoms with Crippen molar-refractivity contribution in [3.05, 3.63) is 57.8 Å². The fourth-order valence-corrected chi connectivity index (χ4v) is 1.54. The zero-order chi connectivity index (χ0) is 14.7. The smallest absolute Gasteiger partial charge is 0.338 e. The monoisotopic (exact) mass is 280 g/mol. The van der Waals surface area contributed by atoms with Crippen LogP contribution in [0, 0.1) is 15.9 Å². The first-order chi connectivity index (χ1) is 9.47. The number of nitro groups is 1. The standard InChI is InChI=1S/C12H9FN2O5/c13-10-2-1-8(4-11(10)15(18)19)14-5-9-3-7(6-20-9)12(16)17/h1-4,6,14H,5H2,(H,16,17). The fourth-order valence-electron chi connectivity index (χ4n) is 1.54. The lowest BCUT2D eigenvalue weighted by Crippen LogP contribution is -2.00. The maximum Gasteiger partial charge on any atom is 0.338 e. The molecule has 0 unspecified atom stereocenters. The highest BCUT2D eigenvalue weighted by Crippen LogP contribution is 2.22. The lowest BCUT2D eigenvalue weighted by atomic mass is 10.2. The number of nitrogens with zero attached hydrogens (tertiary/aromatic N) is 1. The molecule has 0 aliphatic carbocycles. The molecule has 1 heterocycles. The second-order valence-electron chi connectivity index (χ2n) is 3.88. The Morgan fingerprint density at radius 2 is 2.20 bits per heavy atom. The molecular formula is C12H9FN2O5. The molecule has 0 saturated carbocycles. The van der Waals surface area contributed by atoms with E-state index in [4.69, 9.17) is 9.52 Å². The van der Waals surface area contributed by atoms with E-state index >= 15 is 0 Å². The molecule has 0 fully saturated rings. The number of rotatable bonds is 5. The lowest BCUT2D eigenvalue weighted by molar-refractivity contribution is -0.387. The van der Waals surface area contributed by atoms with Crippen molar-refractivity contribution >= 4 is 17.3 Å². The SMILES string of the molecule is O=C(O)c1coc(CNc2ccc(F)c([N+](=O)[O-])c2)c1. The molecule has 2 rings (SSSR count). The Bertz CT molecular complexity index is 668. The first-order valence-electron chi connectivity index (χ1n) is 5.46. The summed E-state index contributed by atoms with van der Waals surface area (Å²) in [5.41, 5.74) is -0.307. The molecule has 0 aliphatic heterocycles. The molecule has 2 N–H and O–H groups in total. The van der Waals surface area contributed by atoms with Crippen molar-refractivity contribution in [1.29, 1.82) is 0 Å². The van der Waals surface area contributed by atoms with Gasteiger partial charge in [0.25, 0.3) is 0 Å². The van der Waals surface area contributed by atoms with Crippen LogP contribution in [0.1, 0.15) is 16.1 Å². The number of nitrogens with one attached hydrogen (secondary N) is 1. The molecule has 0 bridgehead atoms. The number of anilines is 1. The number of carboxylic acid groups (broad SMARTS) is 1. The maximum absolute atomic E-state index is 13.1. The number of hydrogen-bond acceptors (Lipinski definition) is 5. The fraction of sp³-hybridized carbons (Fsp3) is 0.0833. The topological polar surface area (TPSA) is 106 Å². The van der Waals surface area contributed by atoms with Gasteiger partial charge in [-0.1, -0.05) is 0 Å². The largest absolute Gasteiger partial charge is 0.478 e. The zero-order valence-electron chi connectivity index (χ0n) is 10.00. The first kappa shape index (κ1) is 13.5. The van der Waals surface area contributed by atoms with Crippen molar-refractivity contribution in [2.45, 2.75) is 6.54 Å². The molecule has 0 spiro atoms. The van der Waals surface area contributed by atoms with Crippen molar-refractivity contribution in [1.82, 2.24) is 0 Å². The number of carbonyl (C=O) groups is 1. The molecule has 20 heavy (non-hydrogen) atoms. The van der Waals surface area contributed by atoms with E-state index in [0.717, 1.165) is 18.4 Å². The van der Waals surface area contributed by atoms with Crippen molar-refractivity contribution in [3.8, 4) is 0 Å². The number of hydrogen-bond donors (Lipinski definition) is 2. The van der Waals surface area contributed by atoms with Crippen LogP contribution in [0.5, 0.6) is 0 Å². The Morgan fingerprint density at radius 3 is 2.80 bits per heavy atom. The average Bonchev–Trinajstić information content (AvgIpc) is 2.86. The number of carboxylic acids is 1. The molecular weight excluding hydrogens is 271 g/mol. The minimum absolute atomic E-state index is 0.00638. The molecule has 2 aromatic rings. The van der Waals surface area contributed by atoms with E-state index in [1.807, 2.05) is 0 Å². The van der Waals surface area contributed by atoms with E-state index in [-0.39, 0.29) is 12.1 Å². The van der Waals surface area contributed by atoms with E-state index in [2.05, 4.69) is 5.32 Å². The van der Waals surface area contributed by atoms with E-state index < -0.39 is 22.4 Å². The Morgan fingerprint density at radius 1 is 1.45 bits per heavy atom. The number of benzene rings is 1. The summed E-state index contributed by atoms with van der Waals surface area (Å²) in [6.45, 7) is 0.121. The molecule has 0 amide bonds. The van der Waals surface area contributed by atoms with Gasteiger partial charge < -0.3 is 14.8 Å². The summed E-state index contributed by atoms with van der Waals surface area (Å²) in [5, 5.41) is 22.1. The van der Waals surface area contributed by atoms with Crippen LogP contribution in [0.3, 0.4) is 0 Å². The zero-order valence-corrected chi connectivity index (χ0v) is 10.00. The Hall–Kier alpha value is -2.90. The lowest BCUT2D eigenvalue weighted by Gasteiger charge is -2.04. The van der Waals surface area contributed by atoms with Crippen molar-refractivity contribution in [2.24, 2.45) is 0 Å². The summed E-state index contributed by atoms with van der Waals surface area (Å²) in [4.78, 5) is 20.4. The van der Waals surface area contributed by atoms with Crippen LogP contribution in [-0.4, -0.2) is 16.0 Å². The highest BCUT2D eigenvalue weighted by Gasteiger charge is 2.14. The molecule has 0 radical (unpaired) electrons. The summed E-state index contributed by atoms with van der Waals surface area (Å²) >= 11 is 0. The van der Waals surface area contributed by atoms with Gasteiger partial charge in [0.1, 0.15) is 12.0 Å². The van der Waals surface area contributed by atoms with Gasteiger partial charge in [-0.3, -0.25) is 10.1 Å². The summed E-state index contributed by atoms with van der Waals surface area (Å²) in [6, 6.07) is 4.69. The first-order valence-corrected chi connectivity index (χ1v) is 5.46. The molecule has 7 nitrogen and oxygen atoms in total. The third kappa shape index (κ3) is 2.91. The van der Waals surface area contributed by atoms with Crippen LogP contribution in [0.25, 0.3) is 0 Å². The third-order valence-corrected chi connectivity index (χ3v) is 2.51. The second kappa shape index (κ2) is 5.39. The summed E-state index contributed by atoms with van der Waals surface area (Å²) < 4.78 is 18.1. The van der Waals surface area contributed by atoms with E-state index in [9.17, 15) is 19.3 Å². The van der Waals surface area contributed by atoms with Gasteiger partial charge in [-0.15, -0.1) is 0 Å². The molecule has 0 saturated heterocycles. The minimum Gasteiger partial charge on any atom is -0.478 e. The molecule has 1 aromatic carbocycles. The van der Waals surface area contributed by atoms with Crippen molar-refractivity contribution < 1.29 is 23.6 Å². The van der Waals surface area contributed by atoms with E-state index in [1.165, 1.54) is 12.1 Å². The van der Waals surface area contributed by atoms with Crippen LogP contribution in [-0.2, 0) is 6.54 Å². The Balaban J connectivity index is 2.08. The average molecular weight is 280 g/mol. The quantitative estimate of drug-likeness (QED) is 0.644. The highest BCUT2D eigenvalue weighted by atomic mass is 19.1. The molecule has 0 atom stereocenters. The normalized spacial score (nSPS) is 10.2. The van der Waals surface area contributed by atoms with Crippen LogP contribution in [0.15, 0.2) is 34.9 Å². The van der Waals surface area contributed by atoms with Gasteiger partial charge >= 0.3 is 11.7 Å². The number of nitro benzene ring substituents is 1. The van der Waals surface area contributed by atoms with Gasteiger partial charge in [-0.25, -0.2) is 4.79 Å². The van der Waals surface area contributed by atoms with Crippen molar-refractivity contribution in [2.75, 3.05) is 5.32 Å². The molecule has 1 aromatic heterocycles. The number of aromatic carboxylic acids is 1. The van der Waals surface area contributed by atoms with Gasteiger partial charge in [0.15, 0.2) is 0 Å². The van der Waals surface area contributed by atoms with Crippen LogP contribution in [0.4, 0.5) is 15.8 Å². The van der Waals surface area contributed by atoms with E-state index in [0.29, 0.717) is 11.4 Å². The van der Waals surface area contributed by atoms with Crippen LogP contribution < -0.4 is 5.32 Å². The summed E-state index contributed by atoms with van der Waals surface area (Å²) in [6.07, 6.45) is 1.09. The van der Waals surface area contributed by atoms with Crippen LogP contribution >= 0.6 is 0 Å². The van der Waals surface area contributed by atoms with Gasteiger partial charge in [-0.2, -0.15) is 4.39 Å². The number of furan rings is 1. The summed E-state index contributed by atoms with van der Waals surface area (Å²) in [5.74, 6) is -1.70. The molecule has 8 heteroatoms. The maximum atomic E-state index is 13.1. The van der Waals surface area contributed by atoms with E-state index in [1.54, 1.807) is 0 Å². The predicted octanol–water partition coefficient (Wildman–Crippen LogP) is 2.64. The van der Waals surface area contributed by atoms with Gasteiger partial charge in [-0.05, 0) is 18.2 Å². The Kier molecular flexibility index (Phi) is 3.65. The van der Waals surface area contributed by atoms with Gasteiger partial charge in [0, 0.05) is 11.8 Å². The minimum atomic E-state index is -1.11.